The van der Waals surface area contributed by atoms with Crippen LogP contribution in [0, 0.1) is 0 Å². The van der Waals surface area contributed by atoms with Gasteiger partial charge >= 0.3 is 11.9 Å². The Morgan fingerprint density at radius 1 is 1.24 bits per heavy atom. The van der Waals surface area contributed by atoms with Crippen molar-refractivity contribution in [2.24, 2.45) is 0 Å². The van der Waals surface area contributed by atoms with E-state index in [1.807, 2.05) is 0 Å². The highest BCUT2D eigenvalue weighted by Crippen LogP contribution is 2.12. The summed E-state index contributed by atoms with van der Waals surface area (Å²) in [5.41, 5.74) is 0. The van der Waals surface area contributed by atoms with E-state index in [2.05, 4.69) is 4.74 Å². The Morgan fingerprint density at radius 2 is 1.82 bits per heavy atom. The van der Waals surface area contributed by atoms with Crippen LogP contribution < -0.4 is 0 Å². The molecule has 1 aliphatic rings. The highest BCUT2D eigenvalue weighted by Gasteiger charge is 2.36. The lowest BCUT2D eigenvalue weighted by molar-refractivity contribution is -0.171. The van der Waals surface area contributed by atoms with Crippen LogP contribution in [0.1, 0.15) is 13.8 Å². The molecule has 0 spiro atoms. The lowest BCUT2D eigenvalue weighted by Gasteiger charge is -2.21. The van der Waals surface area contributed by atoms with Crippen molar-refractivity contribution in [2.75, 3.05) is 13.2 Å². The van der Waals surface area contributed by atoms with Crippen molar-refractivity contribution in [2.45, 2.75) is 26.1 Å². The fourth-order valence-corrected chi connectivity index (χ4v) is 1.28. The SMILES string of the molecule is CCOC(=O)C1C=CC(=O)C(C(=O)OCC)O1. The molecule has 1 rings (SSSR count). The number of hydrogen-bond donors (Lipinski definition) is 0. The Balaban J connectivity index is 2.70. The largest absolute Gasteiger partial charge is 0.464 e. The predicted octanol–water partition coefficient (Wildman–Crippen LogP) is 0.00530. The van der Waals surface area contributed by atoms with E-state index in [1.165, 1.54) is 6.08 Å². The molecule has 0 saturated heterocycles. The molecular weight excluding hydrogens is 228 g/mol. The summed E-state index contributed by atoms with van der Waals surface area (Å²) in [4.78, 5) is 34.1. The van der Waals surface area contributed by atoms with Crippen LogP contribution in [0.5, 0.6) is 0 Å². The molecule has 0 amide bonds. The molecular formula is C11H14O6. The van der Waals surface area contributed by atoms with Gasteiger partial charge in [-0.1, -0.05) is 0 Å². The predicted molar refractivity (Wildman–Crippen MR) is 56.1 cm³/mol. The maximum Gasteiger partial charge on any atom is 0.343 e. The average Bonchev–Trinajstić information content (AvgIpc) is 2.30. The molecule has 0 aromatic carbocycles. The molecule has 1 aliphatic heterocycles. The van der Waals surface area contributed by atoms with Crippen molar-refractivity contribution in [1.29, 1.82) is 0 Å². The van der Waals surface area contributed by atoms with E-state index in [9.17, 15) is 14.4 Å². The minimum Gasteiger partial charge on any atom is -0.464 e. The van der Waals surface area contributed by atoms with E-state index in [0.717, 1.165) is 6.08 Å². The van der Waals surface area contributed by atoms with Crippen molar-refractivity contribution in [1.82, 2.24) is 0 Å². The fourth-order valence-electron chi connectivity index (χ4n) is 1.28. The summed E-state index contributed by atoms with van der Waals surface area (Å²) in [6.45, 7) is 3.60. The second-order valence-corrected chi connectivity index (χ2v) is 3.20. The first-order valence-electron chi connectivity index (χ1n) is 5.30. The number of carbonyl (C=O) groups excluding carboxylic acids is 3. The maximum absolute atomic E-state index is 11.4. The van der Waals surface area contributed by atoms with Crippen LogP contribution in [0.2, 0.25) is 0 Å². The third kappa shape index (κ3) is 3.39. The molecule has 6 heteroatoms. The van der Waals surface area contributed by atoms with Gasteiger partial charge in [-0.05, 0) is 26.0 Å². The minimum absolute atomic E-state index is 0.139. The Bertz CT molecular complexity index is 346. The second-order valence-electron chi connectivity index (χ2n) is 3.20. The van der Waals surface area contributed by atoms with Crippen molar-refractivity contribution in [3.8, 4) is 0 Å². The maximum atomic E-state index is 11.4. The van der Waals surface area contributed by atoms with E-state index in [4.69, 9.17) is 9.47 Å². The first-order valence-corrected chi connectivity index (χ1v) is 5.30. The zero-order chi connectivity index (χ0) is 12.8. The van der Waals surface area contributed by atoms with Crippen LogP contribution in [-0.4, -0.2) is 43.1 Å². The summed E-state index contributed by atoms with van der Waals surface area (Å²) in [5.74, 6) is -1.97. The second kappa shape index (κ2) is 6.15. The number of ether oxygens (including phenoxy) is 3. The van der Waals surface area contributed by atoms with Crippen molar-refractivity contribution >= 4 is 17.7 Å². The summed E-state index contributed by atoms with van der Waals surface area (Å²) in [6, 6.07) is 0. The first-order chi connectivity index (χ1) is 8.10. The van der Waals surface area contributed by atoms with Crippen LogP contribution in [0.15, 0.2) is 12.2 Å². The summed E-state index contributed by atoms with van der Waals surface area (Å²) in [5, 5.41) is 0. The zero-order valence-electron chi connectivity index (χ0n) is 9.67. The van der Waals surface area contributed by atoms with Gasteiger partial charge in [0, 0.05) is 0 Å². The van der Waals surface area contributed by atoms with Gasteiger partial charge < -0.3 is 14.2 Å². The van der Waals surface area contributed by atoms with Crippen LogP contribution in [0.25, 0.3) is 0 Å². The van der Waals surface area contributed by atoms with Crippen LogP contribution in [0.4, 0.5) is 0 Å². The van der Waals surface area contributed by atoms with Gasteiger partial charge in [0.1, 0.15) is 0 Å². The monoisotopic (exact) mass is 242 g/mol. The minimum atomic E-state index is -1.38. The van der Waals surface area contributed by atoms with E-state index in [-0.39, 0.29) is 13.2 Å². The van der Waals surface area contributed by atoms with Gasteiger partial charge in [-0.2, -0.15) is 0 Å². The van der Waals surface area contributed by atoms with Crippen LogP contribution in [0.3, 0.4) is 0 Å². The Kier molecular flexibility index (Phi) is 4.84. The molecule has 0 aromatic rings. The molecule has 0 aromatic heterocycles. The van der Waals surface area contributed by atoms with Crippen molar-refractivity contribution < 1.29 is 28.6 Å². The summed E-state index contributed by atoms with van der Waals surface area (Å²) in [7, 11) is 0. The number of rotatable bonds is 4. The van der Waals surface area contributed by atoms with Crippen LogP contribution in [-0.2, 0) is 28.6 Å². The van der Waals surface area contributed by atoms with E-state index in [0.29, 0.717) is 0 Å². The third-order valence-electron chi connectivity index (χ3n) is 2.00. The van der Waals surface area contributed by atoms with Gasteiger partial charge in [0.2, 0.25) is 6.10 Å². The van der Waals surface area contributed by atoms with Gasteiger partial charge in [-0.25, -0.2) is 9.59 Å². The number of carbonyl (C=O) groups is 3. The standard InChI is InChI=1S/C11H14O6/c1-3-15-10(13)8-6-5-7(12)9(17-8)11(14)16-4-2/h5-6,8-9H,3-4H2,1-2H3. The lowest BCUT2D eigenvalue weighted by atomic mass is 10.1. The lowest BCUT2D eigenvalue weighted by Crippen LogP contribution is -2.42. The van der Waals surface area contributed by atoms with Gasteiger partial charge in [0.05, 0.1) is 13.2 Å². The molecule has 17 heavy (non-hydrogen) atoms. The molecule has 6 nitrogen and oxygen atoms in total. The average molecular weight is 242 g/mol. The molecule has 0 radical (unpaired) electrons. The summed E-state index contributed by atoms with van der Waals surface area (Å²) >= 11 is 0. The van der Waals surface area contributed by atoms with Crippen LogP contribution >= 0.6 is 0 Å². The van der Waals surface area contributed by atoms with E-state index >= 15 is 0 Å². The molecule has 94 valence electrons. The number of esters is 2. The van der Waals surface area contributed by atoms with Crippen molar-refractivity contribution in [3.05, 3.63) is 12.2 Å². The highest BCUT2D eigenvalue weighted by molar-refractivity contribution is 6.09. The van der Waals surface area contributed by atoms with Gasteiger partial charge in [0.25, 0.3) is 0 Å². The summed E-state index contributed by atoms with van der Waals surface area (Å²) in [6.07, 6.45) is -0.0284. The number of ketones is 1. The van der Waals surface area contributed by atoms with E-state index < -0.39 is 29.9 Å². The van der Waals surface area contributed by atoms with Gasteiger partial charge in [0.15, 0.2) is 11.9 Å². The fraction of sp³-hybridized carbons (Fsp3) is 0.545. The van der Waals surface area contributed by atoms with Gasteiger partial charge in [-0.15, -0.1) is 0 Å². The topological polar surface area (TPSA) is 78.9 Å². The molecule has 0 saturated carbocycles. The smallest absolute Gasteiger partial charge is 0.343 e. The first kappa shape index (κ1) is 13.4. The third-order valence-corrected chi connectivity index (χ3v) is 2.00. The Labute approximate surface area is 98.5 Å². The molecule has 0 aliphatic carbocycles. The van der Waals surface area contributed by atoms with Crippen molar-refractivity contribution in [3.63, 3.8) is 0 Å². The zero-order valence-corrected chi connectivity index (χ0v) is 9.67. The normalized spacial score (nSPS) is 23.3. The van der Waals surface area contributed by atoms with E-state index in [1.54, 1.807) is 13.8 Å². The number of hydrogen-bond acceptors (Lipinski definition) is 6. The Morgan fingerprint density at radius 3 is 2.41 bits per heavy atom. The highest BCUT2D eigenvalue weighted by atomic mass is 16.6. The molecule has 0 N–H and O–H groups in total. The Hall–Kier alpha value is -1.69. The molecule has 2 unspecified atom stereocenters. The molecule has 2 atom stereocenters. The quantitative estimate of drug-likeness (QED) is 0.510. The molecule has 1 heterocycles. The molecule has 0 bridgehead atoms. The molecule has 0 fully saturated rings. The summed E-state index contributed by atoms with van der Waals surface area (Å²) < 4.78 is 14.4. The van der Waals surface area contributed by atoms with Gasteiger partial charge in [-0.3, -0.25) is 4.79 Å².